The van der Waals surface area contributed by atoms with Gasteiger partial charge in [0.1, 0.15) is 5.82 Å². The number of pyridine rings is 1. The van der Waals surface area contributed by atoms with Gasteiger partial charge in [-0.15, -0.1) is 0 Å². The van der Waals surface area contributed by atoms with Gasteiger partial charge in [-0.3, -0.25) is 4.98 Å². The molecule has 0 aliphatic carbocycles. The second-order valence-electron chi connectivity index (χ2n) is 6.85. The van der Waals surface area contributed by atoms with Gasteiger partial charge in [0.25, 0.3) is 0 Å². The maximum absolute atomic E-state index is 13.1. The average Bonchev–Trinajstić information content (AvgIpc) is 2.94. The molecule has 0 unspecified atom stereocenters. The van der Waals surface area contributed by atoms with Crippen molar-refractivity contribution in [3.05, 3.63) is 95.2 Å². The van der Waals surface area contributed by atoms with Gasteiger partial charge >= 0.3 is 0 Å². The number of fused-ring (bicyclic) bond motifs is 1. The van der Waals surface area contributed by atoms with Gasteiger partial charge in [-0.25, -0.2) is 4.39 Å². The highest BCUT2D eigenvalue weighted by Crippen LogP contribution is 2.31. The van der Waals surface area contributed by atoms with Crippen molar-refractivity contribution in [2.75, 3.05) is 5.32 Å². The maximum atomic E-state index is 13.1. The molecule has 0 aliphatic rings. The molecule has 4 aromatic rings. The summed E-state index contributed by atoms with van der Waals surface area (Å²) in [5, 5.41) is 4.64. The summed E-state index contributed by atoms with van der Waals surface area (Å²) in [5.74, 6) is -0.217. The van der Waals surface area contributed by atoms with Gasteiger partial charge in [0, 0.05) is 30.4 Å². The van der Waals surface area contributed by atoms with Crippen molar-refractivity contribution in [2.24, 2.45) is 0 Å². The van der Waals surface area contributed by atoms with Crippen molar-refractivity contribution in [1.82, 2.24) is 9.55 Å². The van der Waals surface area contributed by atoms with E-state index >= 15 is 0 Å². The number of halogens is 1. The summed E-state index contributed by atoms with van der Waals surface area (Å²) >= 11 is 0. The fourth-order valence-electron chi connectivity index (χ4n) is 3.48. The Bertz CT molecular complexity index is 1070. The third kappa shape index (κ3) is 3.43. The number of rotatable bonds is 5. The van der Waals surface area contributed by atoms with Crippen LogP contribution in [0.4, 0.5) is 10.1 Å². The van der Waals surface area contributed by atoms with E-state index in [4.69, 9.17) is 0 Å². The van der Waals surface area contributed by atoms with Gasteiger partial charge in [0.2, 0.25) is 0 Å². The molecule has 0 radical (unpaired) electrons. The summed E-state index contributed by atoms with van der Waals surface area (Å²) in [6.45, 7) is 5.73. The lowest BCUT2D eigenvalue weighted by atomic mass is 10.2. The van der Waals surface area contributed by atoms with Crippen molar-refractivity contribution in [1.29, 1.82) is 0 Å². The predicted molar refractivity (Wildman–Crippen MR) is 108 cm³/mol. The van der Waals surface area contributed by atoms with Crippen molar-refractivity contribution < 1.29 is 4.39 Å². The van der Waals surface area contributed by atoms with Crippen LogP contribution in [0.3, 0.4) is 0 Å². The Labute approximate surface area is 158 Å². The first-order chi connectivity index (χ1) is 13.1. The van der Waals surface area contributed by atoms with Gasteiger partial charge in [0.15, 0.2) is 0 Å². The average molecular weight is 359 g/mol. The highest BCUT2D eigenvalue weighted by molar-refractivity contribution is 5.94. The number of aromatic nitrogens is 2. The highest BCUT2D eigenvalue weighted by Gasteiger charge is 2.15. The van der Waals surface area contributed by atoms with E-state index in [1.165, 1.54) is 29.0 Å². The first-order valence-electron chi connectivity index (χ1n) is 9.09. The number of aryl methyl sites for hydroxylation is 1. The predicted octanol–water partition coefficient (Wildman–Crippen LogP) is 5.45. The van der Waals surface area contributed by atoms with Gasteiger partial charge in [-0.2, -0.15) is 0 Å². The maximum Gasteiger partial charge on any atom is 0.123 e. The normalized spacial score (nSPS) is 11.1. The number of hydrogen-bond acceptors (Lipinski definition) is 2. The molecule has 0 fully saturated rings. The topological polar surface area (TPSA) is 29.9 Å². The Morgan fingerprint density at radius 1 is 0.926 bits per heavy atom. The number of hydrogen-bond donors (Lipinski definition) is 1. The molecule has 4 heteroatoms. The number of nitrogens with zero attached hydrogens (tertiary/aromatic N) is 2. The van der Waals surface area contributed by atoms with Crippen molar-refractivity contribution in [2.45, 2.75) is 26.9 Å². The Hall–Kier alpha value is -3.14. The van der Waals surface area contributed by atoms with E-state index in [0.29, 0.717) is 6.54 Å². The molecule has 0 atom stereocenters. The Morgan fingerprint density at radius 2 is 1.67 bits per heavy atom. The van der Waals surface area contributed by atoms with E-state index in [2.05, 4.69) is 53.0 Å². The van der Waals surface area contributed by atoms with Crippen molar-refractivity contribution in [3.63, 3.8) is 0 Å². The van der Waals surface area contributed by atoms with E-state index in [9.17, 15) is 4.39 Å². The highest BCUT2D eigenvalue weighted by atomic mass is 19.1. The lowest BCUT2D eigenvalue weighted by Gasteiger charge is -2.13. The number of anilines is 1. The second kappa shape index (κ2) is 7.23. The molecule has 0 saturated heterocycles. The first kappa shape index (κ1) is 17.3. The molecule has 3 nitrogen and oxygen atoms in total. The van der Waals surface area contributed by atoms with Crippen LogP contribution in [0.15, 0.2) is 67.0 Å². The summed E-state index contributed by atoms with van der Waals surface area (Å²) < 4.78 is 15.5. The molecule has 0 amide bonds. The molecule has 4 rings (SSSR count). The van der Waals surface area contributed by atoms with E-state index in [1.54, 1.807) is 12.1 Å². The molecule has 0 spiro atoms. The van der Waals surface area contributed by atoms with Crippen molar-refractivity contribution in [3.8, 4) is 0 Å². The van der Waals surface area contributed by atoms with E-state index in [1.807, 2.05) is 18.5 Å². The standard InChI is InChI=1S/C23H22FN3/c1-16-17(2)27(15-19-6-4-3-5-7-19)23-21(16)13-25-14-22(23)26-12-18-8-10-20(24)11-9-18/h3-11,13-14,26H,12,15H2,1-2H3. The van der Waals surface area contributed by atoms with Gasteiger partial charge < -0.3 is 9.88 Å². The van der Waals surface area contributed by atoms with Gasteiger partial charge in [-0.1, -0.05) is 42.5 Å². The zero-order valence-corrected chi connectivity index (χ0v) is 15.5. The molecule has 0 aliphatic heterocycles. The van der Waals surface area contributed by atoms with E-state index < -0.39 is 0 Å². The summed E-state index contributed by atoms with van der Waals surface area (Å²) in [7, 11) is 0. The van der Waals surface area contributed by atoms with Crippen LogP contribution in [0, 0.1) is 19.7 Å². The summed E-state index contributed by atoms with van der Waals surface area (Å²) in [6.07, 6.45) is 3.80. The molecule has 2 heterocycles. The molecular weight excluding hydrogens is 337 g/mol. The summed E-state index contributed by atoms with van der Waals surface area (Å²) in [5.41, 5.74) is 6.93. The third-order valence-corrected chi connectivity index (χ3v) is 5.12. The second-order valence-corrected chi connectivity index (χ2v) is 6.85. The number of nitrogens with one attached hydrogen (secondary N) is 1. The smallest absolute Gasteiger partial charge is 0.123 e. The zero-order chi connectivity index (χ0) is 18.8. The molecule has 27 heavy (non-hydrogen) atoms. The number of benzene rings is 2. The molecule has 2 aromatic heterocycles. The lowest BCUT2D eigenvalue weighted by Crippen LogP contribution is -2.06. The third-order valence-electron chi connectivity index (χ3n) is 5.12. The summed E-state index contributed by atoms with van der Waals surface area (Å²) in [4.78, 5) is 4.43. The minimum absolute atomic E-state index is 0.217. The fraction of sp³-hybridized carbons (Fsp3) is 0.174. The quantitative estimate of drug-likeness (QED) is 0.513. The fourth-order valence-corrected chi connectivity index (χ4v) is 3.48. The van der Waals surface area contributed by atoms with E-state index in [-0.39, 0.29) is 5.82 Å². The molecule has 0 saturated carbocycles. The monoisotopic (exact) mass is 359 g/mol. The van der Waals surface area contributed by atoms with Crippen LogP contribution >= 0.6 is 0 Å². The molecule has 1 N–H and O–H groups in total. The van der Waals surface area contributed by atoms with Gasteiger partial charge in [0.05, 0.1) is 17.4 Å². The summed E-state index contributed by atoms with van der Waals surface area (Å²) in [6, 6.07) is 17.0. The van der Waals surface area contributed by atoms with Crippen LogP contribution in [0.5, 0.6) is 0 Å². The Morgan fingerprint density at radius 3 is 2.41 bits per heavy atom. The van der Waals surface area contributed by atoms with Crippen LogP contribution < -0.4 is 5.32 Å². The first-order valence-corrected chi connectivity index (χ1v) is 9.09. The SMILES string of the molecule is Cc1c(C)n(Cc2ccccc2)c2c(NCc3ccc(F)cc3)cncc12. The van der Waals surface area contributed by atoms with Crippen LogP contribution in [0.25, 0.3) is 10.9 Å². The zero-order valence-electron chi connectivity index (χ0n) is 15.5. The minimum Gasteiger partial charge on any atom is -0.378 e. The Kier molecular flexibility index (Phi) is 4.63. The van der Waals surface area contributed by atoms with Crippen LogP contribution in [0.2, 0.25) is 0 Å². The molecule has 2 aromatic carbocycles. The Balaban J connectivity index is 1.72. The van der Waals surface area contributed by atoms with Gasteiger partial charge in [-0.05, 0) is 42.7 Å². The van der Waals surface area contributed by atoms with E-state index in [0.717, 1.165) is 28.7 Å². The van der Waals surface area contributed by atoms with Crippen LogP contribution in [0.1, 0.15) is 22.4 Å². The van der Waals surface area contributed by atoms with Crippen LogP contribution in [-0.2, 0) is 13.1 Å². The molecular formula is C23H22FN3. The lowest BCUT2D eigenvalue weighted by molar-refractivity contribution is 0.627. The van der Waals surface area contributed by atoms with Crippen molar-refractivity contribution >= 4 is 16.6 Å². The van der Waals surface area contributed by atoms with Crippen LogP contribution in [-0.4, -0.2) is 9.55 Å². The minimum atomic E-state index is -0.217. The molecule has 0 bridgehead atoms. The largest absolute Gasteiger partial charge is 0.378 e. The molecule has 136 valence electrons.